The van der Waals surface area contributed by atoms with Gasteiger partial charge in [0.1, 0.15) is 10.7 Å². The van der Waals surface area contributed by atoms with Crippen LogP contribution in [0.4, 0.5) is 0 Å². The molecule has 0 bridgehead atoms. The fraction of sp³-hybridized carbons (Fsp3) is 0.364. The van der Waals surface area contributed by atoms with Crippen molar-refractivity contribution in [3.05, 3.63) is 36.5 Å². The first-order valence-electron chi connectivity index (χ1n) is 5.77. The molecule has 2 aromatic rings. The van der Waals surface area contributed by atoms with Crippen LogP contribution in [-0.4, -0.2) is 36.5 Å². The molecule has 0 aliphatic carbocycles. The number of nitrogens with one attached hydrogen (secondary N) is 1. The highest BCUT2D eigenvalue weighted by Crippen LogP contribution is 2.07. The van der Waals surface area contributed by atoms with Crippen LogP contribution in [0.3, 0.4) is 0 Å². The van der Waals surface area contributed by atoms with E-state index < -0.39 is 10.0 Å². The molecule has 0 aliphatic heterocycles. The highest BCUT2D eigenvalue weighted by Gasteiger charge is 2.15. The smallest absolute Gasteiger partial charge is 0.243 e. The molecule has 0 radical (unpaired) electrons. The van der Waals surface area contributed by atoms with Gasteiger partial charge in [0.2, 0.25) is 10.0 Å². The zero-order chi connectivity index (χ0) is 13.7. The van der Waals surface area contributed by atoms with Gasteiger partial charge in [-0.05, 0) is 12.1 Å². The molecule has 0 aliphatic rings. The number of aromatic nitrogens is 2. The Morgan fingerprint density at radius 2 is 2.32 bits per heavy atom. The molecule has 2 N–H and O–H groups in total. The number of hydrogen-bond donors (Lipinski definition) is 2. The quantitative estimate of drug-likeness (QED) is 0.745. The van der Waals surface area contributed by atoms with E-state index in [2.05, 4.69) is 9.82 Å². The van der Waals surface area contributed by atoms with Crippen LogP contribution in [-0.2, 0) is 23.0 Å². The Labute approximate surface area is 110 Å². The first kappa shape index (κ1) is 13.8. The Kier molecular flexibility index (Phi) is 4.35. The van der Waals surface area contributed by atoms with E-state index in [0.717, 1.165) is 5.76 Å². The lowest BCUT2D eigenvalue weighted by Gasteiger charge is -2.03. The maximum absolute atomic E-state index is 11.9. The summed E-state index contributed by atoms with van der Waals surface area (Å²) in [5, 5.41) is 12.6. The lowest BCUT2D eigenvalue weighted by molar-refractivity contribution is 0.269. The summed E-state index contributed by atoms with van der Waals surface area (Å²) < 4.78 is 32.8. The second-order valence-corrected chi connectivity index (χ2v) is 5.66. The van der Waals surface area contributed by atoms with Crippen molar-refractivity contribution >= 4 is 10.0 Å². The van der Waals surface area contributed by atoms with Gasteiger partial charge in [0.05, 0.1) is 25.6 Å². The average Bonchev–Trinajstić information content (AvgIpc) is 3.00. The monoisotopic (exact) mass is 285 g/mol. The van der Waals surface area contributed by atoms with Crippen molar-refractivity contribution in [2.24, 2.45) is 0 Å². The predicted molar refractivity (Wildman–Crippen MR) is 66.9 cm³/mol. The Morgan fingerprint density at radius 1 is 1.47 bits per heavy atom. The topological polar surface area (TPSA) is 97.4 Å². The molecule has 0 unspecified atom stereocenters. The second kappa shape index (κ2) is 6.00. The number of furan rings is 1. The maximum Gasteiger partial charge on any atom is 0.243 e. The highest BCUT2D eigenvalue weighted by molar-refractivity contribution is 7.89. The molecular weight excluding hydrogens is 270 g/mol. The Hall–Kier alpha value is -1.64. The number of nitrogens with zero attached hydrogens (tertiary/aromatic N) is 2. The van der Waals surface area contributed by atoms with Crippen LogP contribution >= 0.6 is 0 Å². The van der Waals surface area contributed by atoms with E-state index in [4.69, 9.17) is 9.52 Å². The molecule has 0 saturated heterocycles. The number of aliphatic hydroxyl groups excluding tert-OH is 1. The SMILES string of the molecule is O=S(=O)(NCCc1ccco1)c1cnn(CCO)c1. The lowest BCUT2D eigenvalue weighted by atomic mass is 10.3. The molecular formula is C11H15N3O4S. The Balaban J connectivity index is 1.93. The second-order valence-electron chi connectivity index (χ2n) is 3.89. The van der Waals surface area contributed by atoms with Crippen LogP contribution in [0.15, 0.2) is 40.1 Å². The van der Waals surface area contributed by atoms with E-state index in [-0.39, 0.29) is 24.6 Å². The molecule has 0 amide bonds. The van der Waals surface area contributed by atoms with Crippen molar-refractivity contribution in [1.82, 2.24) is 14.5 Å². The number of aliphatic hydroxyl groups is 1. The summed E-state index contributed by atoms with van der Waals surface area (Å²) in [5.74, 6) is 0.721. The average molecular weight is 285 g/mol. The third kappa shape index (κ3) is 3.66. The fourth-order valence-electron chi connectivity index (χ4n) is 1.55. The van der Waals surface area contributed by atoms with Gasteiger partial charge < -0.3 is 9.52 Å². The van der Waals surface area contributed by atoms with Gasteiger partial charge in [-0.3, -0.25) is 4.68 Å². The molecule has 0 saturated carbocycles. The zero-order valence-corrected chi connectivity index (χ0v) is 11.0. The van der Waals surface area contributed by atoms with Crippen molar-refractivity contribution in [1.29, 1.82) is 0 Å². The lowest BCUT2D eigenvalue weighted by Crippen LogP contribution is -2.25. The van der Waals surface area contributed by atoms with Crippen molar-refractivity contribution in [2.45, 2.75) is 17.9 Å². The minimum absolute atomic E-state index is 0.0837. The van der Waals surface area contributed by atoms with E-state index in [1.807, 2.05) is 0 Å². The summed E-state index contributed by atoms with van der Waals surface area (Å²) >= 11 is 0. The van der Waals surface area contributed by atoms with Gasteiger partial charge in [0.25, 0.3) is 0 Å². The molecule has 2 heterocycles. The first-order chi connectivity index (χ1) is 9.12. The summed E-state index contributed by atoms with van der Waals surface area (Å²) in [6.45, 7) is 0.427. The van der Waals surface area contributed by atoms with Crippen LogP contribution in [0.2, 0.25) is 0 Å². The molecule has 19 heavy (non-hydrogen) atoms. The largest absolute Gasteiger partial charge is 0.469 e. The maximum atomic E-state index is 11.9. The van der Waals surface area contributed by atoms with E-state index in [1.165, 1.54) is 17.1 Å². The molecule has 2 rings (SSSR count). The highest BCUT2D eigenvalue weighted by atomic mass is 32.2. The number of sulfonamides is 1. The van der Waals surface area contributed by atoms with Crippen LogP contribution in [0, 0.1) is 0 Å². The molecule has 0 spiro atoms. The fourth-order valence-corrected chi connectivity index (χ4v) is 2.54. The molecule has 104 valence electrons. The summed E-state index contributed by atoms with van der Waals surface area (Å²) in [6.07, 6.45) is 4.66. The molecule has 7 nitrogen and oxygen atoms in total. The Bertz CT molecular complexity index is 604. The van der Waals surface area contributed by atoms with Gasteiger partial charge in [-0.15, -0.1) is 0 Å². The van der Waals surface area contributed by atoms with E-state index >= 15 is 0 Å². The van der Waals surface area contributed by atoms with Crippen LogP contribution < -0.4 is 4.72 Å². The van der Waals surface area contributed by atoms with Crippen LogP contribution in [0.25, 0.3) is 0 Å². The number of rotatable bonds is 7. The predicted octanol–water partition coefficient (Wildman–Crippen LogP) is -0.0106. The third-order valence-corrected chi connectivity index (χ3v) is 3.91. The van der Waals surface area contributed by atoms with Gasteiger partial charge in [-0.2, -0.15) is 5.10 Å². The standard InChI is InChI=1S/C11H15N3O4S/c15-6-5-14-9-11(8-12-14)19(16,17)13-4-3-10-2-1-7-18-10/h1-2,7-9,13,15H,3-6H2. The molecule has 0 fully saturated rings. The summed E-state index contributed by atoms with van der Waals surface area (Å²) in [6, 6.07) is 3.54. The molecule has 8 heteroatoms. The number of hydrogen-bond acceptors (Lipinski definition) is 5. The van der Waals surface area contributed by atoms with E-state index in [9.17, 15) is 8.42 Å². The third-order valence-electron chi connectivity index (χ3n) is 2.49. The summed E-state index contributed by atoms with van der Waals surface area (Å²) in [4.78, 5) is 0.0837. The van der Waals surface area contributed by atoms with E-state index in [0.29, 0.717) is 6.42 Å². The van der Waals surface area contributed by atoms with Crippen molar-refractivity contribution < 1.29 is 17.9 Å². The van der Waals surface area contributed by atoms with Gasteiger partial charge in [-0.25, -0.2) is 13.1 Å². The van der Waals surface area contributed by atoms with E-state index in [1.54, 1.807) is 18.4 Å². The molecule has 2 aromatic heterocycles. The first-order valence-corrected chi connectivity index (χ1v) is 7.25. The minimum Gasteiger partial charge on any atom is -0.469 e. The normalized spacial score (nSPS) is 11.8. The van der Waals surface area contributed by atoms with Crippen molar-refractivity contribution in [3.8, 4) is 0 Å². The van der Waals surface area contributed by atoms with Gasteiger partial charge in [0, 0.05) is 19.2 Å². The van der Waals surface area contributed by atoms with Gasteiger partial charge in [-0.1, -0.05) is 0 Å². The van der Waals surface area contributed by atoms with Crippen LogP contribution in [0.5, 0.6) is 0 Å². The molecule has 0 atom stereocenters. The van der Waals surface area contributed by atoms with Crippen LogP contribution in [0.1, 0.15) is 5.76 Å². The summed E-state index contributed by atoms with van der Waals surface area (Å²) in [5.41, 5.74) is 0. The minimum atomic E-state index is -3.57. The van der Waals surface area contributed by atoms with Crippen molar-refractivity contribution in [2.75, 3.05) is 13.2 Å². The van der Waals surface area contributed by atoms with Gasteiger partial charge in [0.15, 0.2) is 0 Å². The van der Waals surface area contributed by atoms with Gasteiger partial charge >= 0.3 is 0 Å². The Morgan fingerprint density at radius 3 is 3.00 bits per heavy atom. The van der Waals surface area contributed by atoms with Crippen molar-refractivity contribution in [3.63, 3.8) is 0 Å². The zero-order valence-electron chi connectivity index (χ0n) is 10.2. The molecule has 0 aromatic carbocycles. The summed E-state index contributed by atoms with van der Waals surface area (Å²) in [7, 11) is -3.57.